The molecule has 1 aromatic heterocycles. The molecule has 3 rings (SSSR count). The topological polar surface area (TPSA) is 39.1 Å². The Morgan fingerprint density at radius 1 is 1.35 bits per heavy atom. The number of nitrogens with one attached hydrogen (secondary N) is 1. The number of nitrogens with zero attached hydrogens (tertiary/aromatic N) is 2. The van der Waals surface area contributed by atoms with Gasteiger partial charge in [0.2, 0.25) is 0 Å². The molecule has 0 aliphatic carbocycles. The molecule has 0 spiro atoms. The largest absolute Gasteiger partial charge is 0.378 e. The van der Waals surface area contributed by atoms with Crippen LogP contribution in [0.25, 0.3) is 0 Å². The summed E-state index contributed by atoms with van der Waals surface area (Å²) in [5.74, 6) is 1.25. The average Bonchev–Trinajstić information content (AvgIpc) is 2.78. The lowest BCUT2D eigenvalue weighted by atomic mass is 9.94. The molecule has 2 aliphatic heterocycles. The van der Waals surface area contributed by atoms with Gasteiger partial charge in [0.15, 0.2) is 0 Å². The summed E-state index contributed by atoms with van der Waals surface area (Å²) in [5, 5.41) is 3.44. The number of fused-ring (bicyclic) bond motifs is 1. The van der Waals surface area contributed by atoms with Crippen molar-refractivity contribution in [1.29, 1.82) is 0 Å². The Balaban J connectivity index is 2.04. The lowest BCUT2D eigenvalue weighted by Gasteiger charge is -2.33. The van der Waals surface area contributed by atoms with Crippen molar-refractivity contribution in [3.05, 3.63) is 17.2 Å². The Morgan fingerprint density at radius 2 is 2.15 bits per heavy atom. The first kappa shape index (κ1) is 14.1. The Hall–Kier alpha value is -0.870. The van der Waals surface area contributed by atoms with Crippen LogP contribution in [0.4, 0.5) is 0 Å². The number of hydrogen-bond donors (Lipinski definition) is 1. The van der Waals surface area contributed by atoms with Gasteiger partial charge in [-0.3, -0.25) is 0 Å². The van der Waals surface area contributed by atoms with E-state index in [1.807, 2.05) is 0 Å². The monoisotopic (exact) mass is 277 g/mol. The van der Waals surface area contributed by atoms with Crippen LogP contribution in [0, 0.1) is 0 Å². The first-order valence-corrected chi connectivity index (χ1v) is 7.89. The Morgan fingerprint density at radius 3 is 2.85 bits per heavy atom. The molecule has 1 fully saturated rings. The van der Waals surface area contributed by atoms with Gasteiger partial charge in [-0.15, -0.1) is 0 Å². The van der Waals surface area contributed by atoms with E-state index >= 15 is 0 Å². The van der Waals surface area contributed by atoms with Crippen LogP contribution in [0.3, 0.4) is 0 Å². The molecule has 0 amide bonds. The molecule has 3 heterocycles. The van der Waals surface area contributed by atoms with E-state index in [1.165, 1.54) is 17.2 Å². The maximum Gasteiger partial charge on any atom is 0.114 e. The van der Waals surface area contributed by atoms with Crippen molar-refractivity contribution in [3.63, 3.8) is 0 Å². The summed E-state index contributed by atoms with van der Waals surface area (Å²) < 4.78 is 8.29. The van der Waals surface area contributed by atoms with E-state index in [1.54, 1.807) is 0 Å². The highest BCUT2D eigenvalue weighted by Crippen LogP contribution is 2.34. The zero-order valence-corrected chi connectivity index (χ0v) is 13.2. The quantitative estimate of drug-likeness (QED) is 0.857. The van der Waals surface area contributed by atoms with Crippen LogP contribution in [0.1, 0.15) is 63.8 Å². The fraction of sp³-hybridized carbons (Fsp3) is 0.812. The second-order valence-electron chi connectivity index (χ2n) is 7.24. The van der Waals surface area contributed by atoms with Crippen LogP contribution in [-0.4, -0.2) is 28.8 Å². The Bertz CT molecular complexity index is 487. The van der Waals surface area contributed by atoms with E-state index in [-0.39, 0.29) is 5.41 Å². The van der Waals surface area contributed by atoms with Crippen molar-refractivity contribution >= 4 is 0 Å². The summed E-state index contributed by atoms with van der Waals surface area (Å²) >= 11 is 0. The average molecular weight is 277 g/mol. The summed E-state index contributed by atoms with van der Waals surface area (Å²) in [4.78, 5) is 4.98. The van der Waals surface area contributed by atoms with Crippen molar-refractivity contribution < 1.29 is 4.74 Å². The number of hydrogen-bond acceptors (Lipinski definition) is 3. The van der Waals surface area contributed by atoms with Crippen LogP contribution in [0.2, 0.25) is 0 Å². The summed E-state index contributed by atoms with van der Waals surface area (Å²) in [7, 11) is 0. The van der Waals surface area contributed by atoms with Crippen molar-refractivity contribution in [2.75, 3.05) is 13.2 Å². The molecule has 112 valence electrons. The predicted molar refractivity (Wildman–Crippen MR) is 80.0 cm³/mol. The minimum absolute atomic E-state index is 0.0961. The normalized spacial score (nSPS) is 27.4. The Kier molecular flexibility index (Phi) is 3.63. The zero-order valence-electron chi connectivity index (χ0n) is 13.2. The van der Waals surface area contributed by atoms with Crippen molar-refractivity contribution in [1.82, 2.24) is 14.9 Å². The highest BCUT2D eigenvalue weighted by atomic mass is 16.5. The molecule has 2 atom stereocenters. The summed E-state index contributed by atoms with van der Waals surface area (Å²) in [6, 6.07) is 0.558. The second kappa shape index (κ2) is 5.15. The second-order valence-corrected chi connectivity index (χ2v) is 7.24. The SMILES string of the molecule is CC1CC(n2c(C(C)(C)C)nc3c2CCNC3)CCO1. The smallest absolute Gasteiger partial charge is 0.114 e. The number of rotatable bonds is 1. The van der Waals surface area contributed by atoms with E-state index in [4.69, 9.17) is 9.72 Å². The van der Waals surface area contributed by atoms with Gasteiger partial charge in [-0.05, 0) is 19.8 Å². The van der Waals surface area contributed by atoms with Gasteiger partial charge < -0.3 is 14.6 Å². The van der Waals surface area contributed by atoms with Gasteiger partial charge in [0.05, 0.1) is 11.8 Å². The fourth-order valence-electron chi connectivity index (χ4n) is 3.46. The van der Waals surface area contributed by atoms with Gasteiger partial charge in [-0.25, -0.2) is 4.98 Å². The first-order valence-electron chi connectivity index (χ1n) is 7.89. The molecule has 1 N–H and O–H groups in total. The minimum Gasteiger partial charge on any atom is -0.378 e. The summed E-state index contributed by atoms with van der Waals surface area (Å²) in [6.07, 6.45) is 3.69. The molecule has 0 bridgehead atoms. The zero-order chi connectivity index (χ0) is 14.3. The van der Waals surface area contributed by atoms with E-state index in [0.29, 0.717) is 12.1 Å². The number of ether oxygens (including phenoxy) is 1. The van der Waals surface area contributed by atoms with Crippen LogP contribution in [-0.2, 0) is 23.1 Å². The molecule has 1 aromatic rings. The maximum atomic E-state index is 5.73. The van der Waals surface area contributed by atoms with Crippen LogP contribution >= 0.6 is 0 Å². The van der Waals surface area contributed by atoms with E-state index < -0.39 is 0 Å². The van der Waals surface area contributed by atoms with Gasteiger partial charge in [-0.1, -0.05) is 20.8 Å². The standard InChI is InChI=1S/C16H27N3O/c1-11-9-12(6-8-20-11)19-14-5-7-17-10-13(14)18-15(19)16(2,3)4/h11-12,17H,5-10H2,1-4H3. The first-order chi connectivity index (χ1) is 9.47. The lowest BCUT2D eigenvalue weighted by Crippen LogP contribution is -2.32. The molecule has 1 saturated heterocycles. The van der Waals surface area contributed by atoms with Crippen molar-refractivity contribution in [2.24, 2.45) is 0 Å². The molecule has 0 saturated carbocycles. The third-order valence-electron chi connectivity index (χ3n) is 4.42. The number of imidazole rings is 1. The van der Waals surface area contributed by atoms with E-state index in [2.05, 4.69) is 37.6 Å². The molecule has 20 heavy (non-hydrogen) atoms. The van der Waals surface area contributed by atoms with E-state index in [9.17, 15) is 0 Å². The molecular formula is C16H27N3O. The third kappa shape index (κ3) is 2.51. The molecular weight excluding hydrogens is 250 g/mol. The molecule has 4 nitrogen and oxygen atoms in total. The lowest BCUT2D eigenvalue weighted by molar-refractivity contribution is 0.00439. The molecule has 2 unspecified atom stereocenters. The maximum absolute atomic E-state index is 5.73. The highest BCUT2D eigenvalue weighted by molar-refractivity contribution is 5.24. The van der Waals surface area contributed by atoms with Crippen LogP contribution in [0.15, 0.2) is 0 Å². The molecule has 2 aliphatic rings. The number of aromatic nitrogens is 2. The van der Waals surface area contributed by atoms with Gasteiger partial charge in [0, 0.05) is 43.3 Å². The third-order valence-corrected chi connectivity index (χ3v) is 4.42. The van der Waals surface area contributed by atoms with Gasteiger partial charge in [0.1, 0.15) is 5.82 Å². The fourth-order valence-corrected chi connectivity index (χ4v) is 3.46. The van der Waals surface area contributed by atoms with Crippen LogP contribution in [0.5, 0.6) is 0 Å². The minimum atomic E-state index is 0.0961. The molecule has 0 radical (unpaired) electrons. The van der Waals surface area contributed by atoms with Gasteiger partial charge in [0.25, 0.3) is 0 Å². The van der Waals surface area contributed by atoms with Crippen molar-refractivity contribution in [2.45, 2.75) is 71.1 Å². The molecule has 0 aromatic carbocycles. The van der Waals surface area contributed by atoms with Crippen LogP contribution < -0.4 is 5.32 Å². The predicted octanol–water partition coefficient (Wildman–Crippen LogP) is 2.57. The molecule has 4 heteroatoms. The highest BCUT2D eigenvalue weighted by Gasteiger charge is 2.32. The summed E-state index contributed by atoms with van der Waals surface area (Å²) in [5.41, 5.74) is 2.83. The Labute approximate surface area is 121 Å². The van der Waals surface area contributed by atoms with Gasteiger partial charge >= 0.3 is 0 Å². The van der Waals surface area contributed by atoms with Crippen molar-refractivity contribution in [3.8, 4) is 0 Å². The van der Waals surface area contributed by atoms with Gasteiger partial charge in [-0.2, -0.15) is 0 Å². The van der Waals surface area contributed by atoms with E-state index in [0.717, 1.165) is 39.0 Å². The summed E-state index contributed by atoms with van der Waals surface area (Å²) in [6.45, 7) is 11.9.